The zero-order chi connectivity index (χ0) is 12.4. The zero-order valence-corrected chi connectivity index (χ0v) is 10.5. The first-order valence-electron chi connectivity index (χ1n) is 5.99. The van der Waals surface area contributed by atoms with Gasteiger partial charge >= 0.3 is 6.09 Å². The van der Waals surface area contributed by atoms with E-state index < -0.39 is 0 Å². The molecule has 0 aliphatic heterocycles. The van der Waals surface area contributed by atoms with Gasteiger partial charge in [0.2, 0.25) is 0 Å². The first-order chi connectivity index (χ1) is 7.57. The number of hydrogen-bond acceptors (Lipinski definition) is 3. The third kappa shape index (κ3) is 8.26. The Labute approximate surface area is 97.7 Å². The summed E-state index contributed by atoms with van der Waals surface area (Å²) in [5.41, 5.74) is 0. The fourth-order valence-electron chi connectivity index (χ4n) is 1.22. The first-order valence-corrected chi connectivity index (χ1v) is 5.99. The number of alkyl carbamates (subject to hydrolysis) is 1. The highest BCUT2D eigenvalue weighted by Crippen LogP contribution is 2.07. The van der Waals surface area contributed by atoms with Crippen LogP contribution in [-0.2, 0) is 9.53 Å². The Morgan fingerprint density at radius 2 is 2.00 bits per heavy atom. The monoisotopic (exact) mass is 229 g/mol. The predicted octanol–water partition coefficient (Wildman–Crippen LogP) is 2.52. The van der Waals surface area contributed by atoms with Crippen molar-refractivity contribution in [2.45, 2.75) is 46.5 Å². The summed E-state index contributed by atoms with van der Waals surface area (Å²) in [6, 6.07) is 0. The summed E-state index contributed by atoms with van der Waals surface area (Å²) in [5, 5.41) is 2.67. The Hall–Kier alpha value is -1.06. The summed E-state index contributed by atoms with van der Waals surface area (Å²) in [4.78, 5) is 22.0. The van der Waals surface area contributed by atoms with E-state index in [1.165, 1.54) is 0 Å². The van der Waals surface area contributed by atoms with Crippen molar-refractivity contribution >= 4 is 11.9 Å². The van der Waals surface area contributed by atoms with Crippen molar-refractivity contribution in [2.24, 2.45) is 5.92 Å². The SMILES string of the molecule is CCCOC(=O)NCCCC[C@H](C)C(C)=O. The molecular formula is C12H23NO3. The molecule has 0 aromatic rings. The number of carbonyl (C=O) groups is 2. The molecule has 0 aromatic heterocycles. The highest BCUT2D eigenvalue weighted by Gasteiger charge is 2.06. The lowest BCUT2D eigenvalue weighted by Crippen LogP contribution is -2.25. The van der Waals surface area contributed by atoms with Crippen molar-refractivity contribution in [3.05, 3.63) is 0 Å². The molecule has 0 aliphatic carbocycles. The highest BCUT2D eigenvalue weighted by molar-refractivity contribution is 5.77. The number of hydrogen-bond donors (Lipinski definition) is 1. The van der Waals surface area contributed by atoms with Crippen molar-refractivity contribution in [2.75, 3.05) is 13.2 Å². The normalized spacial score (nSPS) is 11.9. The Kier molecular flexibility index (Phi) is 8.58. The zero-order valence-electron chi connectivity index (χ0n) is 10.5. The maximum absolute atomic E-state index is 11.0. The minimum Gasteiger partial charge on any atom is -0.450 e. The molecule has 16 heavy (non-hydrogen) atoms. The van der Waals surface area contributed by atoms with Crippen molar-refractivity contribution in [3.63, 3.8) is 0 Å². The molecule has 0 bridgehead atoms. The number of ketones is 1. The molecule has 4 nitrogen and oxygen atoms in total. The molecule has 94 valence electrons. The van der Waals surface area contributed by atoms with Crippen LogP contribution < -0.4 is 5.32 Å². The number of ether oxygens (including phenoxy) is 1. The van der Waals surface area contributed by atoms with E-state index in [1.54, 1.807) is 6.92 Å². The molecule has 0 aliphatic rings. The van der Waals surface area contributed by atoms with Crippen LogP contribution in [0.15, 0.2) is 0 Å². The molecule has 0 heterocycles. The van der Waals surface area contributed by atoms with Gasteiger partial charge in [-0.3, -0.25) is 4.79 Å². The topological polar surface area (TPSA) is 55.4 Å². The second-order valence-corrected chi connectivity index (χ2v) is 4.07. The predicted molar refractivity (Wildman–Crippen MR) is 63.3 cm³/mol. The molecule has 0 unspecified atom stereocenters. The van der Waals surface area contributed by atoms with Crippen LogP contribution in [0.4, 0.5) is 4.79 Å². The van der Waals surface area contributed by atoms with Crippen molar-refractivity contribution in [3.8, 4) is 0 Å². The van der Waals surface area contributed by atoms with Gasteiger partial charge in [-0.25, -0.2) is 4.79 Å². The minimum atomic E-state index is -0.346. The van der Waals surface area contributed by atoms with E-state index in [4.69, 9.17) is 4.74 Å². The van der Waals surface area contributed by atoms with E-state index in [0.717, 1.165) is 25.7 Å². The summed E-state index contributed by atoms with van der Waals surface area (Å²) in [6.45, 7) is 6.59. The van der Waals surface area contributed by atoms with E-state index in [-0.39, 0.29) is 17.8 Å². The summed E-state index contributed by atoms with van der Waals surface area (Å²) in [5.74, 6) is 0.363. The molecule has 0 aromatic carbocycles. The molecule has 0 rings (SSSR count). The number of amides is 1. The molecule has 0 radical (unpaired) electrons. The number of carbonyl (C=O) groups excluding carboxylic acids is 2. The van der Waals surface area contributed by atoms with Crippen molar-refractivity contribution in [1.82, 2.24) is 5.32 Å². The van der Waals surface area contributed by atoms with Crippen molar-refractivity contribution < 1.29 is 14.3 Å². The van der Waals surface area contributed by atoms with Crippen LogP contribution in [0.5, 0.6) is 0 Å². The van der Waals surface area contributed by atoms with Crippen molar-refractivity contribution in [1.29, 1.82) is 0 Å². The van der Waals surface area contributed by atoms with E-state index in [2.05, 4.69) is 5.32 Å². The average molecular weight is 229 g/mol. The Morgan fingerprint density at radius 3 is 2.56 bits per heavy atom. The molecule has 0 saturated carbocycles. The van der Waals surface area contributed by atoms with Crippen LogP contribution in [0.1, 0.15) is 46.5 Å². The van der Waals surface area contributed by atoms with Crippen LogP contribution in [0, 0.1) is 5.92 Å². The summed E-state index contributed by atoms with van der Waals surface area (Å²) in [6.07, 6.45) is 3.22. The van der Waals surface area contributed by atoms with Gasteiger partial charge in [0, 0.05) is 12.5 Å². The Balaban J connectivity index is 3.33. The minimum absolute atomic E-state index is 0.132. The smallest absolute Gasteiger partial charge is 0.407 e. The van der Waals surface area contributed by atoms with Gasteiger partial charge < -0.3 is 10.1 Å². The lowest BCUT2D eigenvalue weighted by atomic mass is 10.0. The van der Waals surface area contributed by atoms with Crippen LogP contribution in [0.25, 0.3) is 0 Å². The summed E-state index contributed by atoms with van der Waals surface area (Å²) >= 11 is 0. The molecule has 1 amide bonds. The molecule has 0 fully saturated rings. The standard InChI is InChI=1S/C12H23NO3/c1-4-9-16-12(15)13-8-6-5-7-10(2)11(3)14/h10H,4-9H2,1-3H3,(H,13,15)/t10-/m0/s1. The molecular weight excluding hydrogens is 206 g/mol. The van der Waals surface area contributed by atoms with Gasteiger partial charge in [0.05, 0.1) is 6.61 Å². The van der Waals surface area contributed by atoms with Gasteiger partial charge in [-0.2, -0.15) is 0 Å². The number of unbranched alkanes of at least 4 members (excludes halogenated alkanes) is 1. The largest absolute Gasteiger partial charge is 0.450 e. The van der Waals surface area contributed by atoms with E-state index in [1.807, 2.05) is 13.8 Å². The third-order valence-corrected chi connectivity index (χ3v) is 2.46. The quantitative estimate of drug-likeness (QED) is 0.651. The van der Waals surface area contributed by atoms with Crippen LogP contribution >= 0.6 is 0 Å². The van der Waals surface area contributed by atoms with Gasteiger partial charge in [0.15, 0.2) is 0 Å². The van der Waals surface area contributed by atoms with Gasteiger partial charge in [0.1, 0.15) is 5.78 Å². The maximum Gasteiger partial charge on any atom is 0.407 e. The molecule has 0 spiro atoms. The van der Waals surface area contributed by atoms with Crippen LogP contribution in [-0.4, -0.2) is 25.0 Å². The van der Waals surface area contributed by atoms with Crippen LogP contribution in [0.3, 0.4) is 0 Å². The summed E-state index contributed by atoms with van der Waals surface area (Å²) < 4.78 is 4.85. The highest BCUT2D eigenvalue weighted by atomic mass is 16.5. The second kappa shape index (κ2) is 9.19. The number of rotatable bonds is 8. The average Bonchev–Trinajstić information content (AvgIpc) is 2.25. The summed E-state index contributed by atoms with van der Waals surface area (Å²) in [7, 11) is 0. The maximum atomic E-state index is 11.0. The van der Waals surface area contributed by atoms with E-state index in [9.17, 15) is 9.59 Å². The molecule has 1 N–H and O–H groups in total. The lowest BCUT2D eigenvalue weighted by molar-refractivity contribution is -0.120. The lowest BCUT2D eigenvalue weighted by Gasteiger charge is -2.08. The second-order valence-electron chi connectivity index (χ2n) is 4.07. The van der Waals surface area contributed by atoms with Gasteiger partial charge in [-0.15, -0.1) is 0 Å². The van der Waals surface area contributed by atoms with Crippen LogP contribution in [0.2, 0.25) is 0 Å². The first kappa shape index (κ1) is 14.9. The number of nitrogens with one attached hydrogen (secondary N) is 1. The fourth-order valence-corrected chi connectivity index (χ4v) is 1.22. The number of Topliss-reactive ketones (excluding diaryl/α,β-unsaturated/α-hetero) is 1. The third-order valence-electron chi connectivity index (χ3n) is 2.46. The Bertz CT molecular complexity index is 216. The Morgan fingerprint density at radius 1 is 1.31 bits per heavy atom. The van der Waals surface area contributed by atoms with E-state index >= 15 is 0 Å². The molecule has 4 heteroatoms. The fraction of sp³-hybridized carbons (Fsp3) is 0.833. The van der Waals surface area contributed by atoms with Gasteiger partial charge in [0.25, 0.3) is 0 Å². The molecule has 1 atom stereocenters. The van der Waals surface area contributed by atoms with Gasteiger partial charge in [-0.05, 0) is 26.2 Å². The van der Waals surface area contributed by atoms with E-state index in [0.29, 0.717) is 13.2 Å². The van der Waals surface area contributed by atoms with Gasteiger partial charge in [-0.1, -0.05) is 20.3 Å². The molecule has 0 saturated heterocycles.